The quantitative estimate of drug-likeness (QED) is 0.464. The average molecular weight is 417 g/mol. The monoisotopic (exact) mass is 416 g/mol. The van der Waals surface area contributed by atoms with Crippen LogP contribution in [-0.2, 0) is 11.8 Å². The summed E-state index contributed by atoms with van der Waals surface area (Å²) < 4.78 is 6.74. The lowest BCUT2D eigenvalue weighted by atomic mass is 9.63. The maximum Gasteiger partial charge on any atom is 0.126 e. The Morgan fingerprint density at radius 2 is 1.27 bits per heavy atom. The van der Waals surface area contributed by atoms with Crippen LogP contribution in [-0.4, -0.2) is 5.60 Å². The standard InChI is InChI=1S/C29H52O/c1-16-23(26(5,6)7)22-18-21(29(14,15)27(8,9)10)17-20(19-25(2,3)4)24(22)30-28(11,12)13/h17-18,23H,16,19H2,1-15H3. The molecule has 1 atom stereocenters. The van der Waals surface area contributed by atoms with Crippen molar-refractivity contribution in [3.05, 3.63) is 28.8 Å². The van der Waals surface area contributed by atoms with E-state index in [9.17, 15) is 0 Å². The third kappa shape index (κ3) is 6.76. The molecule has 0 saturated carbocycles. The molecular weight excluding hydrogens is 364 g/mol. The molecule has 1 nitrogen and oxygen atoms in total. The summed E-state index contributed by atoms with van der Waals surface area (Å²) in [6.45, 7) is 34.8. The van der Waals surface area contributed by atoms with Gasteiger partial charge < -0.3 is 4.74 Å². The molecule has 1 aromatic carbocycles. The molecular formula is C29H52O. The smallest absolute Gasteiger partial charge is 0.126 e. The number of rotatable bonds is 5. The van der Waals surface area contributed by atoms with Gasteiger partial charge in [0.2, 0.25) is 0 Å². The lowest BCUT2D eigenvalue weighted by Crippen LogP contribution is -2.35. The van der Waals surface area contributed by atoms with E-state index in [1.807, 2.05) is 0 Å². The highest BCUT2D eigenvalue weighted by atomic mass is 16.5. The minimum absolute atomic E-state index is 0.0603. The van der Waals surface area contributed by atoms with Crippen molar-refractivity contribution in [3.8, 4) is 5.75 Å². The summed E-state index contributed by atoms with van der Waals surface area (Å²) in [5, 5.41) is 0. The summed E-state index contributed by atoms with van der Waals surface area (Å²) in [5.41, 5.74) is 4.57. The molecule has 1 heteroatoms. The summed E-state index contributed by atoms with van der Waals surface area (Å²) in [6, 6.07) is 4.94. The molecule has 0 aromatic heterocycles. The van der Waals surface area contributed by atoms with Crippen LogP contribution in [0.25, 0.3) is 0 Å². The largest absolute Gasteiger partial charge is 0.488 e. The minimum atomic E-state index is -0.224. The van der Waals surface area contributed by atoms with Gasteiger partial charge in [0.25, 0.3) is 0 Å². The maximum absolute atomic E-state index is 6.74. The number of benzene rings is 1. The van der Waals surface area contributed by atoms with E-state index in [2.05, 4.69) is 116 Å². The Morgan fingerprint density at radius 3 is 1.60 bits per heavy atom. The molecule has 1 unspecified atom stereocenters. The predicted octanol–water partition coefficient (Wildman–Crippen LogP) is 9.32. The third-order valence-electron chi connectivity index (χ3n) is 6.75. The Morgan fingerprint density at radius 1 is 0.767 bits per heavy atom. The van der Waals surface area contributed by atoms with Gasteiger partial charge in [0.05, 0.1) is 0 Å². The molecule has 1 rings (SSSR count). The van der Waals surface area contributed by atoms with Gasteiger partial charge in [0.1, 0.15) is 11.4 Å². The lowest BCUT2D eigenvalue weighted by molar-refractivity contribution is 0.123. The van der Waals surface area contributed by atoms with Gasteiger partial charge in [-0.15, -0.1) is 0 Å². The fraction of sp³-hybridized carbons (Fsp3) is 0.793. The van der Waals surface area contributed by atoms with Gasteiger partial charge in [0.15, 0.2) is 0 Å². The van der Waals surface area contributed by atoms with Gasteiger partial charge in [-0.25, -0.2) is 0 Å². The van der Waals surface area contributed by atoms with E-state index < -0.39 is 0 Å². The highest BCUT2D eigenvalue weighted by Gasteiger charge is 2.38. The van der Waals surface area contributed by atoms with Crippen molar-refractivity contribution in [2.45, 2.75) is 134 Å². The van der Waals surface area contributed by atoms with Crippen molar-refractivity contribution >= 4 is 0 Å². The second-order valence-corrected chi connectivity index (χ2v) is 14.2. The van der Waals surface area contributed by atoms with Gasteiger partial charge in [0, 0.05) is 0 Å². The van der Waals surface area contributed by atoms with Crippen LogP contribution in [0, 0.1) is 16.2 Å². The number of ether oxygens (including phenoxy) is 1. The van der Waals surface area contributed by atoms with Crippen molar-refractivity contribution in [2.75, 3.05) is 0 Å². The SMILES string of the molecule is CCC(c1cc(C(C)(C)C(C)(C)C)cc(CC(C)(C)C)c1OC(C)(C)C)C(C)(C)C. The highest BCUT2D eigenvalue weighted by Crippen LogP contribution is 2.49. The third-order valence-corrected chi connectivity index (χ3v) is 6.75. The number of hydrogen-bond donors (Lipinski definition) is 0. The summed E-state index contributed by atoms with van der Waals surface area (Å²) in [6.07, 6.45) is 2.12. The Kier molecular flexibility index (Phi) is 7.68. The Labute approximate surface area is 189 Å². The van der Waals surface area contributed by atoms with Crippen molar-refractivity contribution in [1.29, 1.82) is 0 Å². The van der Waals surface area contributed by atoms with Gasteiger partial charge in [-0.3, -0.25) is 0 Å². The molecule has 0 aliphatic heterocycles. The molecule has 0 spiro atoms. The molecule has 0 aliphatic rings. The lowest BCUT2D eigenvalue weighted by Gasteiger charge is -2.42. The minimum Gasteiger partial charge on any atom is -0.488 e. The topological polar surface area (TPSA) is 9.23 Å². The predicted molar refractivity (Wildman–Crippen MR) is 135 cm³/mol. The van der Waals surface area contributed by atoms with Crippen molar-refractivity contribution < 1.29 is 4.74 Å². The molecule has 174 valence electrons. The molecule has 0 aliphatic carbocycles. The Bertz CT molecular complexity index is 709. The molecule has 0 bridgehead atoms. The van der Waals surface area contributed by atoms with E-state index in [1.54, 1.807) is 0 Å². The van der Waals surface area contributed by atoms with Crippen LogP contribution in [0.15, 0.2) is 12.1 Å². The highest BCUT2D eigenvalue weighted by molar-refractivity contribution is 5.50. The number of hydrogen-bond acceptors (Lipinski definition) is 1. The normalized spacial score (nSPS) is 15.3. The molecule has 0 fully saturated rings. The van der Waals surface area contributed by atoms with E-state index in [0.717, 1.165) is 18.6 Å². The van der Waals surface area contributed by atoms with Crippen LogP contribution in [0.5, 0.6) is 5.75 Å². The molecule has 0 N–H and O–H groups in total. The van der Waals surface area contributed by atoms with Crippen LogP contribution < -0.4 is 4.74 Å². The van der Waals surface area contributed by atoms with Gasteiger partial charge in [-0.2, -0.15) is 0 Å². The van der Waals surface area contributed by atoms with Crippen LogP contribution in [0.4, 0.5) is 0 Å². The zero-order valence-electron chi connectivity index (χ0n) is 23.1. The van der Waals surface area contributed by atoms with Gasteiger partial charge in [-0.05, 0) is 77.9 Å². The summed E-state index contributed by atoms with van der Waals surface area (Å²) in [4.78, 5) is 0. The molecule has 0 amide bonds. The van der Waals surface area contributed by atoms with Crippen molar-refractivity contribution in [1.82, 2.24) is 0 Å². The second-order valence-electron chi connectivity index (χ2n) is 14.2. The molecule has 0 heterocycles. The average Bonchev–Trinajstić information content (AvgIpc) is 2.45. The van der Waals surface area contributed by atoms with E-state index in [4.69, 9.17) is 4.74 Å². The molecule has 0 saturated heterocycles. The van der Waals surface area contributed by atoms with Crippen LogP contribution in [0.3, 0.4) is 0 Å². The fourth-order valence-electron chi connectivity index (χ4n) is 4.20. The summed E-state index contributed by atoms with van der Waals surface area (Å²) >= 11 is 0. The first-order valence-corrected chi connectivity index (χ1v) is 12.0. The first kappa shape index (κ1) is 27.1. The van der Waals surface area contributed by atoms with E-state index in [1.165, 1.54) is 16.7 Å². The zero-order valence-corrected chi connectivity index (χ0v) is 23.1. The van der Waals surface area contributed by atoms with Crippen molar-refractivity contribution in [3.63, 3.8) is 0 Å². The second kappa shape index (κ2) is 8.51. The Hall–Kier alpha value is -0.980. The van der Waals surface area contributed by atoms with Crippen LogP contribution >= 0.6 is 0 Å². The molecule has 1 aromatic rings. The zero-order chi connectivity index (χ0) is 23.9. The van der Waals surface area contributed by atoms with E-state index >= 15 is 0 Å². The maximum atomic E-state index is 6.74. The van der Waals surface area contributed by atoms with Gasteiger partial charge >= 0.3 is 0 Å². The Balaban J connectivity index is 4.00. The van der Waals surface area contributed by atoms with Crippen molar-refractivity contribution in [2.24, 2.45) is 16.2 Å². The summed E-state index contributed by atoms with van der Waals surface area (Å²) in [7, 11) is 0. The van der Waals surface area contributed by atoms with E-state index in [0.29, 0.717) is 5.92 Å². The fourth-order valence-corrected chi connectivity index (χ4v) is 4.20. The van der Waals surface area contributed by atoms with Gasteiger partial charge in [-0.1, -0.05) is 95.2 Å². The molecule has 30 heavy (non-hydrogen) atoms. The van der Waals surface area contributed by atoms with E-state index in [-0.39, 0.29) is 27.3 Å². The summed E-state index contributed by atoms with van der Waals surface area (Å²) in [5.74, 6) is 1.58. The first-order valence-electron chi connectivity index (χ1n) is 12.0. The van der Waals surface area contributed by atoms with Crippen LogP contribution in [0.1, 0.15) is 133 Å². The molecule has 0 radical (unpaired) electrons. The first-order chi connectivity index (χ1) is 13.1. The van der Waals surface area contributed by atoms with Crippen LogP contribution in [0.2, 0.25) is 0 Å².